The number of halogens is 3. The van der Waals surface area contributed by atoms with Crippen molar-refractivity contribution in [3.05, 3.63) is 63.6 Å². The van der Waals surface area contributed by atoms with Gasteiger partial charge in [0.2, 0.25) is 0 Å². The highest BCUT2D eigenvalue weighted by molar-refractivity contribution is 6.30. The second-order valence-electron chi connectivity index (χ2n) is 3.88. The minimum absolute atomic E-state index is 0.0486. The summed E-state index contributed by atoms with van der Waals surface area (Å²) in [6, 6.07) is 7.65. The molecule has 1 atom stereocenters. The van der Waals surface area contributed by atoms with Gasteiger partial charge in [-0.15, -0.1) is 0 Å². The fraction of sp³-hybridized carbons (Fsp3) is 0.154. The van der Waals surface area contributed by atoms with Gasteiger partial charge >= 0.3 is 0 Å². The number of aliphatic hydroxyl groups excluding tert-OH is 1. The molecule has 1 aromatic carbocycles. The summed E-state index contributed by atoms with van der Waals surface area (Å²) in [6.07, 6.45) is 1.13. The van der Waals surface area contributed by atoms with Gasteiger partial charge in [-0.3, -0.25) is 0 Å². The zero-order chi connectivity index (χ0) is 13.1. The third-order valence-corrected chi connectivity index (χ3v) is 3.04. The highest BCUT2D eigenvalue weighted by Crippen LogP contribution is 2.23. The highest BCUT2D eigenvalue weighted by Gasteiger charge is 2.10. The number of hydrogen-bond donors (Lipinski definition) is 1. The Hall–Kier alpha value is -1.16. The molecule has 0 aliphatic carbocycles. The first-order chi connectivity index (χ1) is 8.56. The molecular formula is C13H10Cl2FNO. The molecule has 0 spiro atoms. The first kappa shape index (κ1) is 13.3. The standard InChI is InChI=1S/C13H10Cl2FNO/c14-10-5-8(1-2-11(10)16)6-12(18)9-3-4-17-13(15)7-9/h1-5,7,12,18H,6H2. The number of aromatic nitrogens is 1. The van der Waals surface area contributed by atoms with E-state index in [4.69, 9.17) is 23.2 Å². The van der Waals surface area contributed by atoms with Crippen molar-refractivity contribution in [2.24, 2.45) is 0 Å². The minimum Gasteiger partial charge on any atom is -0.388 e. The van der Waals surface area contributed by atoms with E-state index in [1.807, 2.05) is 0 Å². The summed E-state index contributed by atoms with van der Waals surface area (Å²) in [4.78, 5) is 3.84. The number of rotatable bonds is 3. The van der Waals surface area contributed by atoms with Crippen molar-refractivity contribution in [1.29, 1.82) is 0 Å². The molecule has 0 aliphatic heterocycles. The number of benzene rings is 1. The number of aliphatic hydroxyl groups is 1. The van der Waals surface area contributed by atoms with E-state index in [9.17, 15) is 9.50 Å². The van der Waals surface area contributed by atoms with Gasteiger partial charge in [0.25, 0.3) is 0 Å². The normalized spacial score (nSPS) is 12.4. The molecule has 1 N–H and O–H groups in total. The Kier molecular flexibility index (Phi) is 4.17. The van der Waals surface area contributed by atoms with E-state index in [0.29, 0.717) is 17.1 Å². The molecule has 18 heavy (non-hydrogen) atoms. The van der Waals surface area contributed by atoms with Crippen molar-refractivity contribution in [1.82, 2.24) is 4.98 Å². The van der Waals surface area contributed by atoms with E-state index < -0.39 is 11.9 Å². The van der Waals surface area contributed by atoms with Crippen LogP contribution in [0.5, 0.6) is 0 Å². The molecule has 2 aromatic rings. The van der Waals surface area contributed by atoms with Gasteiger partial charge in [0.1, 0.15) is 11.0 Å². The maximum atomic E-state index is 13.0. The van der Waals surface area contributed by atoms with Crippen LogP contribution in [0, 0.1) is 5.82 Å². The fourth-order valence-electron chi connectivity index (χ4n) is 1.63. The second-order valence-corrected chi connectivity index (χ2v) is 4.67. The highest BCUT2D eigenvalue weighted by atomic mass is 35.5. The summed E-state index contributed by atoms with van der Waals surface area (Å²) in [5.41, 5.74) is 1.41. The Morgan fingerprint density at radius 1 is 1.22 bits per heavy atom. The van der Waals surface area contributed by atoms with Crippen molar-refractivity contribution < 1.29 is 9.50 Å². The van der Waals surface area contributed by atoms with Crippen LogP contribution in [0.15, 0.2) is 36.5 Å². The summed E-state index contributed by atoms with van der Waals surface area (Å²) < 4.78 is 13.0. The van der Waals surface area contributed by atoms with Gasteiger partial charge in [0.05, 0.1) is 11.1 Å². The lowest BCUT2D eigenvalue weighted by Crippen LogP contribution is -2.02. The molecule has 5 heteroatoms. The van der Waals surface area contributed by atoms with E-state index >= 15 is 0 Å². The van der Waals surface area contributed by atoms with Crippen molar-refractivity contribution >= 4 is 23.2 Å². The quantitative estimate of drug-likeness (QED) is 0.870. The Bertz CT molecular complexity index is 562. The second kappa shape index (κ2) is 5.65. The lowest BCUT2D eigenvalue weighted by Gasteiger charge is -2.11. The van der Waals surface area contributed by atoms with Crippen molar-refractivity contribution in [3.63, 3.8) is 0 Å². The summed E-state index contributed by atoms with van der Waals surface area (Å²) >= 11 is 11.4. The molecule has 0 radical (unpaired) electrons. The van der Waals surface area contributed by atoms with Crippen LogP contribution in [0.3, 0.4) is 0 Å². The smallest absolute Gasteiger partial charge is 0.141 e. The van der Waals surface area contributed by atoms with E-state index in [1.165, 1.54) is 18.3 Å². The van der Waals surface area contributed by atoms with Gasteiger partial charge < -0.3 is 5.11 Å². The van der Waals surface area contributed by atoms with Crippen LogP contribution < -0.4 is 0 Å². The van der Waals surface area contributed by atoms with Crippen LogP contribution in [-0.2, 0) is 6.42 Å². The minimum atomic E-state index is -0.730. The van der Waals surface area contributed by atoms with Gasteiger partial charge in [-0.25, -0.2) is 9.37 Å². The van der Waals surface area contributed by atoms with E-state index in [0.717, 1.165) is 5.56 Å². The number of nitrogens with zero attached hydrogens (tertiary/aromatic N) is 1. The van der Waals surface area contributed by atoms with Crippen molar-refractivity contribution in [2.75, 3.05) is 0 Å². The number of pyridine rings is 1. The molecule has 94 valence electrons. The van der Waals surface area contributed by atoms with E-state index in [2.05, 4.69) is 4.98 Å². The molecular weight excluding hydrogens is 276 g/mol. The zero-order valence-electron chi connectivity index (χ0n) is 9.28. The topological polar surface area (TPSA) is 33.1 Å². The Balaban J connectivity index is 2.16. The summed E-state index contributed by atoms with van der Waals surface area (Å²) in [6.45, 7) is 0. The molecule has 1 heterocycles. The molecule has 0 fully saturated rings. The Morgan fingerprint density at radius 3 is 2.67 bits per heavy atom. The molecule has 2 nitrogen and oxygen atoms in total. The van der Waals surface area contributed by atoms with Crippen LogP contribution in [0.2, 0.25) is 10.2 Å². The molecule has 0 saturated heterocycles. The van der Waals surface area contributed by atoms with Crippen LogP contribution in [0.25, 0.3) is 0 Å². The van der Waals surface area contributed by atoms with Crippen molar-refractivity contribution in [3.8, 4) is 0 Å². The molecule has 1 unspecified atom stereocenters. The third-order valence-electron chi connectivity index (χ3n) is 2.55. The van der Waals surface area contributed by atoms with Crippen LogP contribution in [-0.4, -0.2) is 10.1 Å². The van der Waals surface area contributed by atoms with Gasteiger partial charge in [0, 0.05) is 12.6 Å². The predicted octanol–water partition coefficient (Wildman–Crippen LogP) is 3.80. The first-order valence-corrected chi connectivity index (χ1v) is 6.05. The molecule has 0 aliphatic rings. The van der Waals surface area contributed by atoms with Crippen LogP contribution in [0.1, 0.15) is 17.2 Å². The molecule has 2 rings (SSSR count). The Morgan fingerprint density at radius 2 is 2.00 bits per heavy atom. The zero-order valence-corrected chi connectivity index (χ0v) is 10.8. The van der Waals surface area contributed by atoms with Gasteiger partial charge in [-0.2, -0.15) is 0 Å². The summed E-state index contributed by atoms with van der Waals surface area (Å²) in [7, 11) is 0. The van der Waals surface area contributed by atoms with Crippen LogP contribution >= 0.6 is 23.2 Å². The maximum Gasteiger partial charge on any atom is 0.141 e. The maximum absolute atomic E-state index is 13.0. The monoisotopic (exact) mass is 285 g/mol. The van der Waals surface area contributed by atoms with E-state index in [1.54, 1.807) is 18.2 Å². The summed E-state index contributed by atoms with van der Waals surface area (Å²) in [5, 5.41) is 10.4. The average molecular weight is 286 g/mol. The van der Waals surface area contributed by atoms with Crippen molar-refractivity contribution in [2.45, 2.75) is 12.5 Å². The lowest BCUT2D eigenvalue weighted by molar-refractivity contribution is 0.178. The number of hydrogen-bond acceptors (Lipinski definition) is 2. The summed E-state index contributed by atoms with van der Waals surface area (Å²) in [5.74, 6) is -0.470. The lowest BCUT2D eigenvalue weighted by atomic mass is 10.0. The third kappa shape index (κ3) is 3.19. The SMILES string of the molecule is OC(Cc1ccc(F)c(Cl)c1)c1ccnc(Cl)c1. The van der Waals surface area contributed by atoms with E-state index in [-0.39, 0.29) is 5.02 Å². The van der Waals surface area contributed by atoms with Crippen LogP contribution in [0.4, 0.5) is 4.39 Å². The fourth-order valence-corrected chi connectivity index (χ4v) is 2.02. The van der Waals surface area contributed by atoms with Gasteiger partial charge in [-0.1, -0.05) is 29.3 Å². The molecule has 0 amide bonds. The Labute approximate surface area is 114 Å². The van der Waals surface area contributed by atoms with Gasteiger partial charge in [-0.05, 0) is 35.4 Å². The van der Waals surface area contributed by atoms with Gasteiger partial charge in [0.15, 0.2) is 0 Å². The average Bonchev–Trinajstić information content (AvgIpc) is 2.34. The predicted molar refractivity (Wildman–Crippen MR) is 69.3 cm³/mol. The molecule has 0 bridgehead atoms. The molecule has 1 aromatic heterocycles. The molecule has 0 saturated carbocycles. The first-order valence-electron chi connectivity index (χ1n) is 5.29. The largest absolute Gasteiger partial charge is 0.388 e.